The first kappa shape index (κ1) is 22.5. The van der Waals surface area contributed by atoms with Gasteiger partial charge in [-0.25, -0.2) is 12.1 Å². The Bertz CT molecular complexity index is 72.9. The van der Waals surface area contributed by atoms with Gasteiger partial charge in [0.25, 0.3) is 0 Å². The molecule has 4 heteroatoms. The van der Waals surface area contributed by atoms with Gasteiger partial charge in [0.2, 0.25) is 0 Å². The van der Waals surface area contributed by atoms with Crippen molar-refractivity contribution in [1.82, 2.24) is 0 Å². The first-order valence-corrected chi connectivity index (χ1v) is 2.56. The molecule has 0 aromatic heterocycles. The molecule has 0 aliphatic carbocycles. The van der Waals surface area contributed by atoms with E-state index in [1.54, 1.807) is 0 Å². The van der Waals surface area contributed by atoms with Crippen molar-refractivity contribution >= 4 is 0 Å². The SMILES string of the molecule is CO.CO.[Cl-].[Hf].c1cc[cH-]c1. The normalized spacial score (nSPS) is 4.73. The van der Waals surface area contributed by atoms with Crippen molar-refractivity contribution in [2.75, 3.05) is 14.2 Å². The second-order valence-corrected chi connectivity index (χ2v) is 0.962. The topological polar surface area (TPSA) is 40.5 Å². The van der Waals surface area contributed by atoms with Crippen molar-refractivity contribution < 1.29 is 48.5 Å². The predicted octanol–water partition coefficient (Wildman–Crippen LogP) is -2.38. The number of rotatable bonds is 0. The number of hydrogen-bond donors (Lipinski definition) is 2. The molecule has 0 atom stereocenters. The van der Waals surface area contributed by atoms with Crippen LogP contribution in [-0.4, -0.2) is 24.4 Å². The second-order valence-electron chi connectivity index (χ2n) is 0.962. The fourth-order valence-electron chi connectivity index (χ4n) is 0.321. The van der Waals surface area contributed by atoms with Crippen molar-refractivity contribution in [3.05, 3.63) is 30.3 Å². The third kappa shape index (κ3) is 25.1. The minimum atomic E-state index is 0. The molecule has 0 unspecified atom stereocenters. The summed E-state index contributed by atoms with van der Waals surface area (Å²) in [6.45, 7) is 0. The van der Waals surface area contributed by atoms with Crippen LogP contribution in [-0.2, 0) is 25.8 Å². The maximum absolute atomic E-state index is 7.00. The molecular formula is C7H13ClHfO2-2. The van der Waals surface area contributed by atoms with Gasteiger partial charge >= 0.3 is 0 Å². The minimum Gasteiger partial charge on any atom is -1.00 e. The maximum Gasteiger partial charge on any atom is 0.0319 e. The quantitative estimate of drug-likeness (QED) is 0.408. The first-order chi connectivity index (χ1) is 4.50. The van der Waals surface area contributed by atoms with Crippen molar-refractivity contribution in [3.63, 3.8) is 0 Å². The Morgan fingerprint density at radius 3 is 1.27 bits per heavy atom. The van der Waals surface area contributed by atoms with Crippen molar-refractivity contribution in [2.24, 2.45) is 0 Å². The largest absolute Gasteiger partial charge is 1.00 e. The summed E-state index contributed by atoms with van der Waals surface area (Å²) < 4.78 is 0. The Morgan fingerprint density at radius 1 is 0.909 bits per heavy atom. The van der Waals surface area contributed by atoms with Crippen molar-refractivity contribution in [3.8, 4) is 0 Å². The molecule has 1 aromatic carbocycles. The van der Waals surface area contributed by atoms with Crippen molar-refractivity contribution in [1.29, 1.82) is 0 Å². The van der Waals surface area contributed by atoms with Gasteiger partial charge in [0, 0.05) is 40.1 Å². The van der Waals surface area contributed by atoms with Gasteiger partial charge in [-0.05, 0) is 0 Å². The van der Waals surface area contributed by atoms with Crippen LogP contribution in [0.2, 0.25) is 0 Å². The molecule has 0 fully saturated rings. The fourth-order valence-corrected chi connectivity index (χ4v) is 0.321. The van der Waals surface area contributed by atoms with Gasteiger partial charge in [0.15, 0.2) is 0 Å². The summed E-state index contributed by atoms with van der Waals surface area (Å²) in [5.41, 5.74) is 0. The van der Waals surface area contributed by atoms with E-state index in [1.165, 1.54) is 0 Å². The zero-order valence-corrected chi connectivity index (χ0v) is 11.0. The molecule has 0 aliphatic rings. The summed E-state index contributed by atoms with van der Waals surface area (Å²) >= 11 is 0. The predicted molar refractivity (Wildman–Crippen MR) is 38.3 cm³/mol. The van der Waals surface area contributed by atoms with Crippen LogP contribution < -0.4 is 12.4 Å². The third-order valence-corrected chi connectivity index (χ3v) is 0.556. The first-order valence-electron chi connectivity index (χ1n) is 2.56. The zero-order chi connectivity index (χ0) is 7.54. The Labute approximate surface area is 92.8 Å². The van der Waals surface area contributed by atoms with E-state index in [1.807, 2.05) is 30.3 Å². The Kier molecular flexibility index (Phi) is 64.4. The monoisotopic (exact) mass is 344 g/mol. The molecule has 1 aromatic rings. The number of aliphatic hydroxyl groups is 2. The number of hydrogen-bond acceptors (Lipinski definition) is 2. The van der Waals surface area contributed by atoms with Gasteiger partial charge < -0.3 is 22.6 Å². The van der Waals surface area contributed by atoms with Crippen LogP contribution in [0.1, 0.15) is 0 Å². The summed E-state index contributed by atoms with van der Waals surface area (Å²) in [5, 5.41) is 14.0. The van der Waals surface area contributed by atoms with E-state index in [-0.39, 0.29) is 38.3 Å². The fraction of sp³-hybridized carbons (Fsp3) is 0.286. The summed E-state index contributed by atoms with van der Waals surface area (Å²) in [6.07, 6.45) is 0. The van der Waals surface area contributed by atoms with E-state index >= 15 is 0 Å². The van der Waals surface area contributed by atoms with Gasteiger partial charge in [-0.15, -0.1) is 0 Å². The molecule has 0 spiro atoms. The van der Waals surface area contributed by atoms with Crippen LogP contribution in [0.25, 0.3) is 0 Å². The number of aliphatic hydroxyl groups excluding tert-OH is 2. The molecule has 2 N–H and O–H groups in total. The van der Waals surface area contributed by atoms with E-state index in [0.717, 1.165) is 14.2 Å². The van der Waals surface area contributed by atoms with E-state index in [0.29, 0.717) is 0 Å². The van der Waals surface area contributed by atoms with Crippen LogP contribution >= 0.6 is 0 Å². The van der Waals surface area contributed by atoms with E-state index < -0.39 is 0 Å². The standard InChI is InChI=1S/C5H5.2CH4O.ClH.Hf/c1-2-4-5-3-1;2*1-2;;/h1-5H;2*2H,1H3;1H;/q-1;;;;/p-1. The summed E-state index contributed by atoms with van der Waals surface area (Å²) in [7, 11) is 2.00. The molecule has 0 heterocycles. The summed E-state index contributed by atoms with van der Waals surface area (Å²) in [4.78, 5) is 0. The Hall–Kier alpha value is 0.430. The van der Waals surface area contributed by atoms with Gasteiger partial charge in [-0.2, -0.15) is 18.2 Å². The average Bonchev–Trinajstić information content (AvgIpc) is 2.51. The third-order valence-electron chi connectivity index (χ3n) is 0.556. The maximum atomic E-state index is 7.00. The molecule has 11 heavy (non-hydrogen) atoms. The molecule has 0 saturated heterocycles. The molecule has 0 saturated carbocycles. The van der Waals surface area contributed by atoms with Gasteiger partial charge in [0.05, 0.1) is 0 Å². The van der Waals surface area contributed by atoms with Crippen LogP contribution in [0.4, 0.5) is 0 Å². The van der Waals surface area contributed by atoms with E-state index in [4.69, 9.17) is 10.2 Å². The second kappa shape index (κ2) is 31.5. The molecule has 1 rings (SSSR count). The number of halogens is 1. The Balaban J connectivity index is -0.0000000369. The van der Waals surface area contributed by atoms with Crippen LogP contribution in [0.5, 0.6) is 0 Å². The van der Waals surface area contributed by atoms with Crippen LogP contribution in [0.3, 0.4) is 0 Å². The molecule has 66 valence electrons. The molecular weight excluding hydrogens is 330 g/mol. The molecule has 0 aliphatic heterocycles. The summed E-state index contributed by atoms with van der Waals surface area (Å²) in [5.74, 6) is 0. The van der Waals surface area contributed by atoms with Gasteiger partial charge in [0.1, 0.15) is 0 Å². The molecule has 0 amide bonds. The van der Waals surface area contributed by atoms with Crippen LogP contribution in [0.15, 0.2) is 30.3 Å². The van der Waals surface area contributed by atoms with E-state index in [2.05, 4.69) is 0 Å². The Morgan fingerprint density at radius 2 is 1.18 bits per heavy atom. The van der Waals surface area contributed by atoms with Gasteiger partial charge in [-0.1, -0.05) is 0 Å². The zero-order valence-electron chi connectivity index (χ0n) is 6.66. The minimum absolute atomic E-state index is 0. The summed E-state index contributed by atoms with van der Waals surface area (Å²) in [6, 6.07) is 10.0. The smallest absolute Gasteiger partial charge is 0.0319 e. The van der Waals surface area contributed by atoms with Gasteiger partial charge in [-0.3, -0.25) is 0 Å². The average molecular weight is 343 g/mol. The molecule has 2 nitrogen and oxygen atoms in total. The molecule has 0 radical (unpaired) electrons. The van der Waals surface area contributed by atoms with Crippen molar-refractivity contribution in [2.45, 2.75) is 0 Å². The molecule has 0 bridgehead atoms. The van der Waals surface area contributed by atoms with Crippen LogP contribution in [0, 0.1) is 0 Å². The van der Waals surface area contributed by atoms with E-state index in [9.17, 15) is 0 Å².